The Bertz CT molecular complexity index is 145. The second kappa shape index (κ2) is 3.30. The molecule has 2 fully saturated rings. The monoisotopic (exact) mass is 170 g/mol. The molecule has 2 heterocycles. The van der Waals surface area contributed by atoms with Gasteiger partial charge in [-0.1, -0.05) is 0 Å². The van der Waals surface area contributed by atoms with Crippen molar-refractivity contribution in [3.8, 4) is 0 Å². The Kier molecular flexibility index (Phi) is 2.32. The first-order chi connectivity index (χ1) is 5.75. The van der Waals surface area contributed by atoms with Crippen molar-refractivity contribution < 1.29 is 0 Å². The molecule has 2 aliphatic heterocycles. The van der Waals surface area contributed by atoms with E-state index in [1.807, 2.05) is 0 Å². The molecule has 0 aromatic carbocycles. The quantitative estimate of drug-likeness (QED) is 0.369. The third-order valence-corrected chi connectivity index (χ3v) is 2.55. The number of hydrogen-bond acceptors (Lipinski definition) is 4. The topological polar surface area (TPSA) is 48.1 Å². The van der Waals surface area contributed by atoms with Crippen LogP contribution in [-0.4, -0.2) is 37.5 Å². The van der Waals surface area contributed by atoms with Crippen LogP contribution in [0.1, 0.15) is 13.8 Å². The first kappa shape index (κ1) is 8.44. The zero-order valence-electron chi connectivity index (χ0n) is 7.72. The summed E-state index contributed by atoms with van der Waals surface area (Å²) in [4.78, 5) is 0. The number of fused-ring (bicyclic) bond motifs is 1. The van der Waals surface area contributed by atoms with Crippen LogP contribution in [0.25, 0.3) is 0 Å². The van der Waals surface area contributed by atoms with Crippen LogP contribution in [0.15, 0.2) is 0 Å². The van der Waals surface area contributed by atoms with Crippen LogP contribution < -0.4 is 21.3 Å². The van der Waals surface area contributed by atoms with Gasteiger partial charge in [0, 0.05) is 25.2 Å². The number of rotatable bonds is 0. The first-order valence-electron chi connectivity index (χ1n) is 4.74. The maximum Gasteiger partial charge on any atom is 0.0871 e. The molecule has 12 heavy (non-hydrogen) atoms. The Balaban J connectivity index is 1.94. The van der Waals surface area contributed by atoms with Gasteiger partial charge in [0.05, 0.1) is 12.3 Å². The van der Waals surface area contributed by atoms with Gasteiger partial charge >= 0.3 is 0 Å². The Morgan fingerprint density at radius 1 is 0.833 bits per heavy atom. The van der Waals surface area contributed by atoms with Crippen molar-refractivity contribution in [3.63, 3.8) is 0 Å². The number of hydrogen-bond donors (Lipinski definition) is 4. The Labute approximate surface area is 73.5 Å². The summed E-state index contributed by atoms with van der Waals surface area (Å²) in [5.41, 5.74) is 0. The van der Waals surface area contributed by atoms with Gasteiger partial charge in [-0.3, -0.25) is 21.3 Å². The summed E-state index contributed by atoms with van der Waals surface area (Å²) < 4.78 is 0. The van der Waals surface area contributed by atoms with Gasteiger partial charge in [0.25, 0.3) is 0 Å². The lowest BCUT2D eigenvalue weighted by molar-refractivity contribution is 0.161. The van der Waals surface area contributed by atoms with Crippen LogP contribution in [0.4, 0.5) is 0 Å². The number of nitrogens with one attached hydrogen (secondary N) is 4. The van der Waals surface area contributed by atoms with E-state index < -0.39 is 0 Å². The molecule has 0 amide bonds. The standard InChI is InChI=1S/C8H18N4/c1-5-3-9-7-8(11-5)12-6(2)4-10-7/h5-12H,3-4H2,1-2H3. The van der Waals surface area contributed by atoms with E-state index in [9.17, 15) is 0 Å². The molecule has 2 aliphatic rings. The highest BCUT2D eigenvalue weighted by atomic mass is 15.3. The largest absolute Gasteiger partial charge is 0.298 e. The van der Waals surface area contributed by atoms with Crippen molar-refractivity contribution in [2.75, 3.05) is 13.1 Å². The van der Waals surface area contributed by atoms with Gasteiger partial charge in [0.15, 0.2) is 0 Å². The third kappa shape index (κ3) is 1.61. The predicted molar refractivity (Wildman–Crippen MR) is 48.8 cm³/mol. The van der Waals surface area contributed by atoms with Crippen LogP contribution in [-0.2, 0) is 0 Å². The van der Waals surface area contributed by atoms with Crippen LogP contribution >= 0.6 is 0 Å². The fourth-order valence-corrected chi connectivity index (χ4v) is 1.89. The average molecular weight is 170 g/mol. The highest BCUT2D eigenvalue weighted by Crippen LogP contribution is 2.02. The van der Waals surface area contributed by atoms with Crippen LogP contribution in [0.2, 0.25) is 0 Å². The Morgan fingerprint density at radius 3 is 1.83 bits per heavy atom. The van der Waals surface area contributed by atoms with Crippen LogP contribution in [0, 0.1) is 0 Å². The van der Waals surface area contributed by atoms with E-state index in [0.717, 1.165) is 13.1 Å². The SMILES string of the molecule is CC1CNC2NCC(C)NC2N1. The molecule has 0 radical (unpaired) electrons. The minimum Gasteiger partial charge on any atom is -0.298 e. The minimum absolute atomic E-state index is 0.387. The molecule has 0 aliphatic carbocycles. The summed E-state index contributed by atoms with van der Waals surface area (Å²) in [5.74, 6) is 0. The van der Waals surface area contributed by atoms with Gasteiger partial charge in [-0.15, -0.1) is 0 Å². The molecule has 2 unspecified atom stereocenters. The highest BCUT2D eigenvalue weighted by molar-refractivity contribution is 4.92. The van der Waals surface area contributed by atoms with Crippen molar-refractivity contribution >= 4 is 0 Å². The lowest BCUT2D eigenvalue weighted by Gasteiger charge is -2.43. The molecular weight excluding hydrogens is 152 g/mol. The van der Waals surface area contributed by atoms with Gasteiger partial charge in [-0.2, -0.15) is 0 Å². The van der Waals surface area contributed by atoms with E-state index in [2.05, 4.69) is 35.1 Å². The predicted octanol–water partition coefficient (Wildman–Crippen LogP) is -1.20. The van der Waals surface area contributed by atoms with E-state index >= 15 is 0 Å². The Morgan fingerprint density at radius 2 is 1.33 bits per heavy atom. The summed E-state index contributed by atoms with van der Waals surface area (Å²) in [6.45, 7) is 6.49. The average Bonchev–Trinajstić information content (AvgIpc) is 2.03. The van der Waals surface area contributed by atoms with Crippen LogP contribution in [0.3, 0.4) is 0 Å². The smallest absolute Gasteiger partial charge is 0.0871 e. The van der Waals surface area contributed by atoms with E-state index in [1.165, 1.54) is 0 Å². The molecule has 4 nitrogen and oxygen atoms in total. The van der Waals surface area contributed by atoms with Crippen molar-refractivity contribution in [2.24, 2.45) is 0 Å². The molecule has 2 atom stereocenters. The second-order valence-electron chi connectivity index (χ2n) is 3.91. The molecular formula is C8H18N4. The summed E-state index contributed by atoms with van der Waals surface area (Å²) in [7, 11) is 0. The lowest BCUT2D eigenvalue weighted by Crippen LogP contribution is -2.74. The minimum atomic E-state index is 0.387. The van der Waals surface area contributed by atoms with Gasteiger partial charge < -0.3 is 0 Å². The first-order valence-corrected chi connectivity index (χ1v) is 4.74. The van der Waals surface area contributed by atoms with Gasteiger partial charge in [0.1, 0.15) is 0 Å². The van der Waals surface area contributed by atoms with E-state index in [4.69, 9.17) is 0 Å². The lowest BCUT2D eigenvalue weighted by atomic mass is 10.1. The molecule has 4 N–H and O–H groups in total. The zero-order valence-corrected chi connectivity index (χ0v) is 7.72. The van der Waals surface area contributed by atoms with Crippen molar-refractivity contribution in [3.05, 3.63) is 0 Å². The summed E-state index contributed by atoms with van der Waals surface area (Å²) in [5, 5.41) is 13.9. The van der Waals surface area contributed by atoms with E-state index in [-0.39, 0.29) is 0 Å². The van der Waals surface area contributed by atoms with Gasteiger partial charge in [-0.25, -0.2) is 0 Å². The van der Waals surface area contributed by atoms with Gasteiger partial charge in [-0.05, 0) is 13.8 Å². The summed E-state index contributed by atoms with van der Waals surface area (Å²) in [6.07, 6.45) is 0.787. The highest BCUT2D eigenvalue weighted by Gasteiger charge is 2.31. The summed E-state index contributed by atoms with van der Waals surface area (Å²) in [6, 6.07) is 1.12. The Hall–Kier alpha value is -0.160. The fraction of sp³-hybridized carbons (Fsp3) is 1.00. The number of piperazine rings is 2. The molecule has 0 saturated carbocycles. The van der Waals surface area contributed by atoms with E-state index in [1.54, 1.807) is 0 Å². The normalized spacial score (nSPS) is 48.5. The zero-order chi connectivity index (χ0) is 8.55. The summed E-state index contributed by atoms with van der Waals surface area (Å²) >= 11 is 0. The maximum atomic E-state index is 3.51. The second-order valence-corrected chi connectivity index (χ2v) is 3.91. The fourth-order valence-electron chi connectivity index (χ4n) is 1.89. The molecule has 0 spiro atoms. The molecule has 2 saturated heterocycles. The van der Waals surface area contributed by atoms with Crippen molar-refractivity contribution in [1.82, 2.24) is 21.3 Å². The third-order valence-electron chi connectivity index (χ3n) is 2.55. The van der Waals surface area contributed by atoms with Gasteiger partial charge in [0.2, 0.25) is 0 Å². The molecule has 0 aromatic heterocycles. The van der Waals surface area contributed by atoms with Crippen molar-refractivity contribution in [1.29, 1.82) is 0 Å². The van der Waals surface area contributed by atoms with Crippen molar-refractivity contribution in [2.45, 2.75) is 38.3 Å². The molecule has 2 rings (SSSR count). The molecule has 4 heteroatoms. The molecule has 0 bridgehead atoms. The van der Waals surface area contributed by atoms with Crippen LogP contribution in [0.5, 0.6) is 0 Å². The van der Waals surface area contributed by atoms with E-state index in [0.29, 0.717) is 24.4 Å². The molecule has 0 aromatic rings. The maximum absolute atomic E-state index is 3.51. The molecule has 70 valence electrons.